The van der Waals surface area contributed by atoms with Crippen LogP contribution in [-0.4, -0.2) is 54.6 Å². The smallest absolute Gasteiger partial charge is 0.335 e. The van der Waals surface area contributed by atoms with Crippen molar-refractivity contribution in [3.8, 4) is 0 Å². The van der Waals surface area contributed by atoms with Crippen molar-refractivity contribution in [2.24, 2.45) is 0 Å². The molecule has 6 nitrogen and oxygen atoms in total. The fourth-order valence-corrected chi connectivity index (χ4v) is 2.19. The molecule has 0 aliphatic carbocycles. The van der Waals surface area contributed by atoms with E-state index in [2.05, 4.69) is 10.6 Å². The van der Waals surface area contributed by atoms with Crippen molar-refractivity contribution < 1.29 is 14.7 Å². The zero-order valence-corrected chi connectivity index (χ0v) is 11.5. The van der Waals surface area contributed by atoms with Gasteiger partial charge in [0.15, 0.2) is 0 Å². The van der Waals surface area contributed by atoms with Crippen LogP contribution in [0.15, 0.2) is 18.2 Å². The van der Waals surface area contributed by atoms with E-state index in [1.54, 1.807) is 12.1 Å². The summed E-state index contributed by atoms with van der Waals surface area (Å²) in [5, 5.41) is 15.2. The van der Waals surface area contributed by atoms with Crippen LogP contribution in [0.1, 0.15) is 15.9 Å². The third kappa shape index (κ3) is 3.48. The second kappa shape index (κ2) is 6.38. The Morgan fingerprint density at radius 1 is 1.35 bits per heavy atom. The van der Waals surface area contributed by atoms with Gasteiger partial charge in [-0.3, -0.25) is 4.79 Å². The number of carbonyl (C=O) groups is 2. The normalized spacial score (nSPS) is 14.9. The first-order valence-corrected chi connectivity index (χ1v) is 6.64. The first-order valence-electron chi connectivity index (χ1n) is 6.64. The standard InChI is InChI=1S/C14H19N3O3/c1-10-8-11(14(19)20)2-3-12(10)16-9-13(18)17-6-4-15-5-7-17/h2-3,8,15-16H,4-7,9H2,1H3,(H,19,20). The molecule has 2 rings (SSSR count). The van der Waals surface area contributed by atoms with Crippen molar-refractivity contribution >= 4 is 17.6 Å². The average molecular weight is 277 g/mol. The molecule has 108 valence electrons. The van der Waals surface area contributed by atoms with Gasteiger partial charge in [-0.2, -0.15) is 0 Å². The SMILES string of the molecule is Cc1cc(C(=O)O)ccc1NCC(=O)N1CCNCC1. The topological polar surface area (TPSA) is 81.7 Å². The van der Waals surface area contributed by atoms with E-state index in [1.807, 2.05) is 11.8 Å². The number of anilines is 1. The second-order valence-electron chi connectivity index (χ2n) is 4.82. The summed E-state index contributed by atoms with van der Waals surface area (Å²) in [6, 6.07) is 4.83. The van der Waals surface area contributed by atoms with E-state index < -0.39 is 5.97 Å². The van der Waals surface area contributed by atoms with Crippen molar-refractivity contribution in [2.75, 3.05) is 38.0 Å². The molecule has 3 N–H and O–H groups in total. The largest absolute Gasteiger partial charge is 0.478 e. The third-order valence-electron chi connectivity index (χ3n) is 3.37. The minimum Gasteiger partial charge on any atom is -0.478 e. The summed E-state index contributed by atoms with van der Waals surface area (Å²) in [6.45, 7) is 5.18. The molecule has 0 bridgehead atoms. The summed E-state index contributed by atoms with van der Waals surface area (Å²) in [4.78, 5) is 24.7. The van der Waals surface area contributed by atoms with Crippen molar-refractivity contribution in [1.29, 1.82) is 0 Å². The Morgan fingerprint density at radius 3 is 2.65 bits per heavy atom. The van der Waals surface area contributed by atoms with Crippen molar-refractivity contribution in [2.45, 2.75) is 6.92 Å². The molecule has 0 saturated carbocycles. The van der Waals surface area contributed by atoms with Gasteiger partial charge in [0.2, 0.25) is 5.91 Å². The minimum atomic E-state index is -0.948. The Labute approximate surface area is 117 Å². The highest BCUT2D eigenvalue weighted by atomic mass is 16.4. The summed E-state index contributed by atoms with van der Waals surface area (Å²) in [5.41, 5.74) is 1.86. The Kier molecular flexibility index (Phi) is 4.57. The van der Waals surface area contributed by atoms with Gasteiger partial charge in [0.1, 0.15) is 0 Å². The first kappa shape index (κ1) is 14.3. The highest BCUT2D eigenvalue weighted by Crippen LogP contribution is 2.16. The van der Waals surface area contributed by atoms with Gasteiger partial charge in [-0.1, -0.05) is 0 Å². The number of aryl methyl sites for hydroxylation is 1. The number of aromatic carboxylic acids is 1. The van der Waals surface area contributed by atoms with Crippen LogP contribution >= 0.6 is 0 Å². The number of amides is 1. The van der Waals surface area contributed by atoms with E-state index in [1.165, 1.54) is 6.07 Å². The summed E-state index contributed by atoms with van der Waals surface area (Å²) in [7, 11) is 0. The zero-order chi connectivity index (χ0) is 14.5. The number of carboxylic acids is 1. The van der Waals surface area contributed by atoms with Crippen LogP contribution in [0.5, 0.6) is 0 Å². The fourth-order valence-electron chi connectivity index (χ4n) is 2.19. The van der Waals surface area contributed by atoms with Crippen LogP contribution in [0.4, 0.5) is 5.69 Å². The van der Waals surface area contributed by atoms with Crippen LogP contribution in [0.25, 0.3) is 0 Å². The molecule has 1 aromatic carbocycles. The highest BCUT2D eigenvalue weighted by Gasteiger charge is 2.16. The maximum Gasteiger partial charge on any atom is 0.335 e. The summed E-state index contributed by atoms with van der Waals surface area (Å²) < 4.78 is 0. The Hall–Kier alpha value is -2.08. The number of nitrogens with zero attached hydrogens (tertiary/aromatic N) is 1. The van der Waals surface area contributed by atoms with Crippen molar-refractivity contribution in [1.82, 2.24) is 10.2 Å². The molecule has 0 atom stereocenters. The molecule has 0 radical (unpaired) electrons. The van der Waals surface area contributed by atoms with E-state index in [-0.39, 0.29) is 18.0 Å². The molecule has 6 heteroatoms. The molecular formula is C14H19N3O3. The predicted molar refractivity (Wildman–Crippen MR) is 76.1 cm³/mol. The number of carboxylic acid groups (broad SMARTS) is 1. The van der Waals surface area contributed by atoms with Gasteiger partial charge in [0.25, 0.3) is 0 Å². The molecule has 0 unspecified atom stereocenters. The van der Waals surface area contributed by atoms with Gasteiger partial charge >= 0.3 is 5.97 Å². The molecule has 1 aromatic rings. The monoisotopic (exact) mass is 277 g/mol. The van der Waals surface area contributed by atoms with Gasteiger partial charge in [-0.25, -0.2) is 4.79 Å². The Bertz CT molecular complexity index is 510. The fraction of sp³-hybridized carbons (Fsp3) is 0.429. The lowest BCUT2D eigenvalue weighted by Gasteiger charge is -2.27. The molecule has 1 saturated heterocycles. The van der Waals surface area contributed by atoms with Gasteiger partial charge in [0, 0.05) is 31.9 Å². The number of hydrogen-bond donors (Lipinski definition) is 3. The minimum absolute atomic E-state index is 0.0632. The number of hydrogen-bond acceptors (Lipinski definition) is 4. The molecule has 1 aliphatic rings. The lowest BCUT2D eigenvalue weighted by molar-refractivity contribution is -0.129. The molecule has 1 heterocycles. The van der Waals surface area contributed by atoms with Crippen LogP contribution in [-0.2, 0) is 4.79 Å². The molecule has 20 heavy (non-hydrogen) atoms. The number of rotatable bonds is 4. The summed E-state index contributed by atoms with van der Waals surface area (Å²) in [6.07, 6.45) is 0. The Balaban J connectivity index is 1.93. The summed E-state index contributed by atoms with van der Waals surface area (Å²) in [5.74, 6) is -0.884. The van der Waals surface area contributed by atoms with Gasteiger partial charge in [-0.15, -0.1) is 0 Å². The zero-order valence-electron chi connectivity index (χ0n) is 11.5. The van der Waals surface area contributed by atoms with E-state index in [0.717, 1.165) is 37.4 Å². The average Bonchev–Trinajstić information content (AvgIpc) is 2.46. The number of piperazine rings is 1. The van der Waals surface area contributed by atoms with Crippen LogP contribution in [0.3, 0.4) is 0 Å². The molecular weight excluding hydrogens is 258 g/mol. The van der Waals surface area contributed by atoms with E-state index in [4.69, 9.17) is 5.11 Å². The predicted octanol–water partition coefficient (Wildman–Crippen LogP) is 0.537. The second-order valence-corrected chi connectivity index (χ2v) is 4.82. The highest BCUT2D eigenvalue weighted by molar-refractivity contribution is 5.89. The van der Waals surface area contributed by atoms with E-state index >= 15 is 0 Å². The van der Waals surface area contributed by atoms with Gasteiger partial charge < -0.3 is 20.6 Å². The van der Waals surface area contributed by atoms with Crippen LogP contribution < -0.4 is 10.6 Å². The molecule has 0 spiro atoms. The summed E-state index contributed by atoms with van der Waals surface area (Å²) >= 11 is 0. The number of carbonyl (C=O) groups excluding carboxylic acids is 1. The number of nitrogens with one attached hydrogen (secondary N) is 2. The lowest BCUT2D eigenvalue weighted by Crippen LogP contribution is -2.48. The van der Waals surface area contributed by atoms with E-state index in [9.17, 15) is 9.59 Å². The third-order valence-corrected chi connectivity index (χ3v) is 3.37. The van der Waals surface area contributed by atoms with Crippen LogP contribution in [0.2, 0.25) is 0 Å². The maximum absolute atomic E-state index is 12.0. The van der Waals surface area contributed by atoms with Gasteiger partial charge in [0.05, 0.1) is 12.1 Å². The molecule has 1 amide bonds. The first-order chi connectivity index (χ1) is 9.58. The van der Waals surface area contributed by atoms with Crippen LogP contribution in [0, 0.1) is 6.92 Å². The quantitative estimate of drug-likeness (QED) is 0.748. The van der Waals surface area contributed by atoms with Gasteiger partial charge in [-0.05, 0) is 30.7 Å². The van der Waals surface area contributed by atoms with Crippen molar-refractivity contribution in [3.63, 3.8) is 0 Å². The molecule has 1 aliphatic heterocycles. The molecule has 1 fully saturated rings. The Morgan fingerprint density at radius 2 is 2.05 bits per heavy atom. The van der Waals surface area contributed by atoms with E-state index in [0.29, 0.717) is 0 Å². The molecule has 0 aromatic heterocycles. The number of benzene rings is 1. The lowest BCUT2D eigenvalue weighted by atomic mass is 10.1. The maximum atomic E-state index is 12.0. The van der Waals surface area contributed by atoms with Crippen molar-refractivity contribution in [3.05, 3.63) is 29.3 Å².